The quantitative estimate of drug-likeness (QED) is 0.867. The average molecular weight is 374 g/mol. The molecule has 1 aromatic carbocycles. The maximum Gasteiger partial charge on any atom is 0.259 e. The van der Waals surface area contributed by atoms with Gasteiger partial charge in [0.05, 0.1) is 5.56 Å². The number of aromatic nitrogens is 1. The number of anilines is 2. The third-order valence-corrected chi connectivity index (χ3v) is 4.62. The van der Waals surface area contributed by atoms with E-state index in [0.717, 1.165) is 47.5 Å². The number of hydrogen-bond acceptors (Lipinski definition) is 3. The molecule has 0 aliphatic carbocycles. The van der Waals surface area contributed by atoms with Crippen LogP contribution >= 0.6 is 15.9 Å². The topological polar surface area (TPSA) is 45.2 Å². The minimum atomic E-state index is -0.107. The van der Waals surface area contributed by atoms with Crippen LogP contribution in [0.5, 0.6) is 0 Å². The Hall–Kier alpha value is -1.88. The lowest BCUT2D eigenvalue weighted by molar-refractivity contribution is 0.102. The molecule has 1 amide bonds. The van der Waals surface area contributed by atoms with E-state index in [-0.39, 0.29) is 5.91 Å². The van der Waals surface area contributed by atoms with Crippen molar-refractivity contribution in [1.29, 1.82) is 0 Å². The normalized spacial score (nSPS) is 14.6. The lowest BCUT2D eigenvalue weighted by atomic mass is 10.1. The molecule has 1 aromatic heterocycles. The number of carbonyl (C=O) groups excluding carboxylic acids is 1. The highest BCUT2D eigenvalue weighted by Gasteiger charge is 2.20. The van der Waals surface area contributed by atoms with Crippen LogP contribution in [0.2, 0.25) is 0 Å². The number of pyridine rings is 1. The second kappa shape index (κ2) is 7.13. The van der Waals surface area contributed by atoms with Gasteiger partial charge in [-0.05, 0) is 62.1 Å². The molecule has 1 aliphatic heterocycles. The van der Waals surface area contributed by atoms with Crippen molar-refractivity contribution < 1.29 is 4.79 Å². The van der Waals surface area contributed by atoms with Crippen LogP contribution in [0.1, 0.15) is 35.2 Å². The van der Waals surface area contributed by atoms with Crippen LogP contribution in [-0.2, 0) is 0 Å². The Labute approximate surface area is 145 Å². The number of aryl methyl sites for hydroxylation is 1. The lowest BCUT2D eigenvalue weighted by Crippen LogP contribution is -2.32. The highest BCUT2D eigenvalue weighted by Crippen LogP contribution is 2.24. The number of benzene rings is 1. The predicted octanol–water partition coefficient (Wildman–Crippen LogP) is 4.40. The zero-order chi connectivity index (χ0) is 16.2. The summed E-state index contributed by atoms with van der Waals surface area (Å²) in [5, 5.41) is 3.01. The first-order valence-electron chi connectivity index (χ1n) is 7.92. The Morgan fingerprint density at radius 2 is 2.00 bits per heavy atom. The van der Waals surface area contributed by atoms with Crippen LogP contribution in [0, 0.1) is 6.92 Å². The minimum absolute atomic E-state index is 0.107. The molecule has 0 unspecified atom stereocenters. The van der Waals surface area contributed by atoms with Gasteiger partial charge in [-0.15, -0.1) is 0 Å². The molecule has 1 N–H and O–H groups in total. The van der Waals surface area contributed by atoms with Crippen molar-refractivity contribution in [3.63, 3.8) is 0 Å². The Morgan fingerprint density at radius 1 is 1.22 bits per heavy atom. The van der Waals surface area contributed by atoms with Gasteiger partial charge >= 0.3 is 0 Å². The standard InChI is InChI=1S/C18H20BrN3O/c1-13-12-14(19)7-8-16(13)21-18(23)15-6-5-9-20-17(15)22-10-3-2-4-11-22/h5-9,12H,2-4,10-11H2,1H3,(H,21,23). The molecular formula is C18H20BrN3O. The van der Waals surface area contributed by atoms with E-state index in [1.54, 1.807) is 6.20 Å². The third-order valence-electron chi connectivity index (χ3n) is 4.12. The molecule has 0 atom stereocenters. The highest BCUT2D eigenvalue weighted by atomic mass is 79.9. The number of piperidine rings is 1. The molecule has 0 radical (unpaired) electrons. The molecule has 1 fully saturated rings. The van der Waals surface area contributed by atoms with Crippen LogP contribution in [0.25, 0.3) is 0 Å². The van der Waals surface area contributed by atoms with Gasteiger partial charge in [0.2, 0.25) is 0 Å². The summed E-state index contributed by atoms with van der Waals surface area (Å²) in [6.45, 7) is 3.92. The highest BCUT2D eigenvalue weighted by molar-refractivity contribution is 9.10. The molecule has 2 heterocycles. The fraction of sp³-hybridized carbons (Fsp3) is 0.333. The van der Waals surface area contributed by atoms with Gasteiger partial charge in [-0.2, -0.15) is 0 Å². The van der Waals surface area contributed by atoms with Gasteiger partial charge in [0.25, 0.3) is 5.91 Å². The van der Waals surface area contributed by atoms with E-state index < -0.39 is 0 Å². The van der Waals surface area contributed by atoms with E-state index in [1.165, 1.54) is 6.42 Å². The second-order valence-electron chi connectivity index (χ2n) is 5.84. The van der Waals surface area contributed by atoms with Gasteiger partial charge in [-0.1, -0.05) is 15.9 Å². The molecule has 1 saturated heterocycles. The summed E-state index contributed by atoms with van der Waals surface area (Å²) in [6, 6.07) is 9.49. The molecular weight excluding hydrogens is 354 g/mol. The molecule has 2 aromatic rings. The van der Waals surface area contributed by atoms with Crippen molar-refractivity contribution in [2.24, 2.45) is 0 Å². The summed E-state index contributed by atoms with van der Waals surface area (Å²) in [5.41, 5.74) is 2.49. The van der Waals surface area contributed by atoms with Crippen molar-refractivity contribution >= 4 is 33.3 Å². The summed E-state index contributed by atoms with van der Waals surface area (Å²) in [5.74, 6) is 0.684. The Morgan fingerprint density at radius 3 is 2.74 bits per heavy atom. The second-order valence-corrected chi connectivity index (χ2v) is 6.75. The number of rotatable bonds is 3. The Balaban J connectivity index is 1.84. The zero-order valence-electron chi connectivity index (χ0n) is 13.2. The van der Waals surface area contributed by atoms with E-state index in [0.29, 0.717) is 5.56 Å². The first-order valence-corrected chi connectivity index (χ1v) is 8.72. The molecule has 3 rings (SSSR count). The summed E-state index contributed by atoms with van der Waals surface area (Å²) >= 11 is 3.44. The zero-order valence-corrected chi connectivity index (χ0v) is 14.8. The Bertz CT molecular complexity index is 711. The molecule has 0 saturated carbocycles. The summed E-state index contributed by atoms with van der Waals surface area (Å²) in [6.07, 6.45) is 5.32. The predicted molar refractivity (Wildman–Crippen MR) is 97.1 cm³/mol. The summed E-state index contributed by atoms with van der Waals surface area (Å²) in [7, 11) is 0. The molecule has 23 heavy (non-hydrogen) atoms. The first-order chi connectivity index (χ1) is 11.1. The molecule has 120 valence electrons. The first kappa shape index (κ1) is 16.0. The largest absolute Gasteiger partial charge is 0.356 e. The number of carbonyl (C=O) groups is 1. The van der Waals surface area contributed by atoms with E-state index in [4.69, 9.17) is 0 Å². The van der Waals surface area contributed by atoms with Crippen LogP contribution in [0.3, 0.4) is 0 Å². The summed E-state index contributed by atoms with van der Waals surface area (Å²) in [4.78, 5) is 19.4. The minimum Gasteiger partial charge on any atom is -0.356 e. The number of nitrogens with zero attached hydrogens (tertiary/aromatic N) is 2. The van der Waals surface area contributed by atoms with E-state index in [1.807, 2.05) is 37.3 Å². The van der Waals surface area contributed by atoms with Gasteiger partial charge < -0.3 is 10.2 Å². The number of nitrogens with one attached hydrogen (secondary N) is 1. The smallest absolute Gasteiger partial charge is 0.259 e. The van der Waals surface area contributed by atoms with Crippen molar-refractivity contribution in [2.45, 2.75) is 26.2 Å². The third kappa shape index (κ3) is 3.72. The SMILES string of the molecule is Cc1cc(Br)ccc1NC(=O)c1cccnc1N1CCCCC1. The van der Waals surface area contributed by atoms with E-state index in [9.17, 15) is 4.79 Å². The van der Waals surface area contributed by atoms with Crippen LogP contribution in [-0.4, -0.2) is 24.0 Å². The van der Waals surface area contributed by atoms with Crippen molar-refractivity contribution in [1.82, 2.24) is 4.98 Å². The van der Waals surface area contributed by atoms with Crippen LogP contribution < -0.4 is 10.2 Å². The molecule has 0 bridgehead atoms. The molecule has 0 spiro atoms. The Kier molecular flexibility index (Phi) is 4.96. The van der Waals surface area contributed by atoms with E-state index >= 15 is 0 Å². The fourth-order valence-electron chi connectivity index (χ4n) is 2.89. The molecule has 5 heteroatoms. The van der Waals surface area contributed by atoms with Gasteiger partial charge in [-0.3, -0.25) is 4.79 Å². The monoisotopic (exact) mass is 373 g/mol. The van der Waals surface area contributed by atoms with Gasteiger partial charge in [0.15, 0.2) is 0 Å². The fourth-order valence-corrected chi connectivity index (χ4v) is 3.36. The maximum atomic E-state index is 12.7. The molecule has 4 nitrogen and oxygen atoms in total. The molecule has 1 aliphatic rings. The van der Waals surface area contributed by atoms with Crippen molar-refractivity contribution in [3.8, 4) is 0 Å². The average Bonchev–Trinajstić information content (AvgIpc) is 2.58. The van der Waals surface area contributed by atoms with Crippen LogP contribution in [0.4, 0.5) is 11.5 Å². The summed E-state index contributed by atoms with van der Waals surface area (Å²) < 4.78 is 1.00. The number of hydrogen-bond donors (Lipinski definition) is 1. The van der Waals surface area contributed by atoms with Crippen LogP contribution in [0.15, 0.2) is 41.0 Å². The van der Waals surface area contributed by atoms with Crippen molar-refractivity contribution in [2.75, 3.05) is 23.3 Å². The maximum absolute atomic E-state index is 12.7. The van der Waals surface area contributed by atoms with E-state index in [2.05, 4.69) is 31.1 Å². The number of amides is 1. The van der Waals surface area contributed by atoms with Crippen molar-refractivity contribution in [3.05, 3.63) is 52.1 Å². The van der Waals surface area contributed by atoms with Gasteiger partial charge in [0.1, 0.15) is 5.82 Å². The van der Waals surface area contributed by atoms with Gasteiger partial charge in [-0.25, -0.2) is 4.98 Å². The van der Waals surface area contributed by atoms with Gasteiger partial charge in [0, 0.05) is 29.4 Å². The lowest BCUT2D eigenvalue weighted by Gasteiger charge is -2.29. The number of halogens is 1.